The summed E-state index contributed by atoms with van der Waals surface area (Å²) in [7, 11) is 1.38. The van der Waals surface area contributed by atoms with E-state index in [2.05, 4.69) is 6.92 Å². The van der Waals surface area contributed by atoms with E-state index >= 15 is 0 Å². The zero-order valence-electron chi connectivity index (χ0n) is 9.95. The zero-order chi connectivity index (χ0) is 11.5. The fraction of sp³-hybridized carbons (Fsp3) is 0.917. The molecule has 0 bridgehead atoms. The van der Waals surface area contributed by atoms with Crippen molar-refractivity contribution in [3.05, 3.63) is 0 Å². The highest BCUT2D eigenvalue weighted by molar-refractivity contribution is 5.73. The molecule has 0 amide bonds. The van der Waals surface area contributed by atoms with Crippen LogP contribution in [-0.2, 0) is 9.53 Å². The summed E-state index contributed by atoms with van der Waals surface area (Å²) in [4.78, 5) is 11.5. The largest absolute Gasteiger partial charge is 0.469 e. The van der Waals surface area contributed by atoms with E-state index in [1.165, 1.54) is 7.11 Å². The summed E-state index contributed by atoms with van der Waals surface area (Å²) in [5, 5.41) is 10.6. The molecule has 3 nitrogen and oxygen atoms in total. The molecule has 1 fully saturated rings. The summed E-state index contributed by atoms with van der Waals surface area (Å²) >= 11 is 0. The van der Waals surface area contributed by atoms with Crippen LogP contribution in [0.25, 0.3) is 0 Å². The summed E-state index contributed by atoms with van der Waals surface area (Å²) in [6.07, 6.45) is 4.84. The molecule has 0 aliphatic heterocycles. The Bertz CT molecular complexity index is 227. The van der Waals surface area contributed by atoms with E-state index in [9.17, 15) is 9.90 Å². The maximum absolute atomic E-state index is 11.5. The highest BCUT2D eigenvalue weighted by Crippen LogP contribution is 2.41. The van der Waals surface area contributed by atoms with Crippen molar-refractivity contribution in [2.24, 2.45) is 11.8 Å². The van der Waals surface area contributed by atoms with Crippen molar-refractivity contribution >= 4 is 5.97 Å². The number of ether oxygens (including phenoxy) is 1. The predicted octanol–water partition coefficient (Wildman–Crippen LogP) is 2.13. The second kappa shape index (κ2) is 4.97. The van der Waals surface area contributed by atoms with Crippen LogP contribution in [-0.4, -0.2) is 23.8 Å². The molecule has 15 heavy (non-hydrogen) atoms. The van der Waals surface area contributed by atoms with Crippen molar-refractivity contribution in [1.82, 2.24) is 0 Å². The zero-order valence-corrected chi connectivity index (χ0v) is 9.95. The van der Waals surface area contributed by atoms with Gasteiger partial charge in [0.25, 0.3) is 0 Å². The smallest absolute Gasteiger partial charge is 0.311 e. The lowest BCUT2D eigenvalue weighted by atomic mass is 9.68. The van der Waals surface area contributed by atoms with E-state index in [0.29, 0.717) is 0 Å². The molecule has 0 radical (unpaired) electrons. The molecule has 3 unspecified atom stereocenters. The van der Waals surface area contributed by atoms with Gasteiger partial charge in [-0.05, 0) is 25.7 Å². The molecular formula is C12H22O3. The van der Waals surface area contributed by atoms with Crippen LogP contribution in [0, 0.1) is 11.8 Å². The molecule has 88 valence electrons. The molecule has 3 heteroatoms. The lowest BCUT2D eigenvalue weighted by molar-refractivity contribution is -0.163. The van der Waals surface area contributed by atoms with Gasteiger partial charge in [-0.1, -0.05) is 26.2 Å². The van der Waals surface area contributed by atoms with Gasteiger partial charge < -0.3 is 9.84 Å². The second-order valence-electron chi connectivity index (χ2n) is 4.59. The van der Waals surface area contributed by atoms with E-state index in [1.807, 2.05) is 0 Å². The Morgan fingerprint density at radius 1 is 1.60 bits per heavy atom. The normalized spacial score (nSPS) is 33.5. The van der Waals surface area contributed by atoms with Gasteiger partial charge in [0.15, 0.2) is 0 Å². The summed E-state index contributed by atoms with van der Waals surface area (Å²) in [5.74, 6) is -0.467. The lowest BCUT2D eigenvalue weighted by Crippen LogP contribution is -2.49. The second-order valence-corrected chi connectivity index (χ2v) is 4.59. The first-order chi connectivity index (χ1) is 7.06. The molecule has 1 saturated carbocycles. The van der Waals surface area contributed by atoms with Gasteiger partial charge in [-0.3, -0.25) is 4.79 Å². The van der Waals surface area contributed by atoms with Crippen LogP contribution in [0.1, 0.15) is 46.0 Å². The van der Waals surface area contributed by atoms with E-state index in [0.717, 1.165) is 32.1 Å². The number of hydrogen-bond acceptors (Lipinski definition) is 3. The maximum atomic E-state index is 11.5. The topological polar surface area (TPSA) is 46.5 Å². The van der Waals surface area contributed by atoms with Gasteiger partial charge in [-0.2, -0.15) is 0 Å². The Morgan fingerprint density at radius 3 is 2.80 bits per heavy atom. The minimum absolute atomic E-state index is 0.236. The first kappa shape index (κ1) is 12.5. The van der Waals surface area contributed by atoms with Gasteiger partial charge in [0.2, 0.25) is 0 Å². The van der Waals surface area contributed by atoms with Crippen molar-refractivity contribution in [3.8, 4) is 0 Å². The van der Waals surface area contributed by atoms with Crippen molar-refractivity contribution in [2.75, 3.05) is 7.11 Å². The van der Waals surface area contributed by atoms with Crippen LogP contribution in [0.15, 0.2) is 0 Å². The highest BCUT2D eigenvalue weighted by Gasteiger charge is 2.45. The number of carbonyl (C=O) groups excluding carboxylic acids is 1. The Kier molecular flexibility index (Phi) is 4.14. The van der Waals surface area contributed by atoms with Crippen LogP contribution in [0.5, 0.6) is 0 Å². The Balaban J connectivity index is 2.80. The first-order valence-electron chi connectivity index (χ1n) is 5.86. The molecule has 1 N–H and O–H groups in total. The average molecular weight is 214 g/mol. The number of hydrogen-bond donors (Lipinski definition) is 1. The summed E-state index contributed by atoms with van der Waals surface area (Å²) < 4.78 is 4.72. The number of aliphatic hydroxyl groups is 1. The molecule has 1 aliphatic rings. The fourth-order valence-corrected chi connectivity index (χ4v) is 2.76. The third kappa shape index (κ3) is 2.33. The molecule has 0 spiro atoms. The van der Waals surface area contributed by atoms with Crippen LogP contribution in [0.2, 0.25) is 0 Å². The van der Waals surface area contributed by atoms with Crippen molar-refractivity contribution < 1.29 is 14.6 Å². The molecule has 1 aliphatic carbocycles. The molecular weight excluding hydrogens is 192 g/mol. The van der Waals surface area contributed by atoms with Crippen molar-refractivity contribution in [3.63, 3.8) is 0 Å². The van der Waals surface area contributed by atoms with E-state index < -0.39 is 11.5 Å². The SMILES string of the molecule is CCC1CCCCC1(O)C(C)C(=O)OC. The fourth-order valence-electron chi connectivity index (χ4n) is 2.76. The molecule has 3 atom stereocenters. The standard InChI is InChI=1S/C12H22O3/c1-4-10-7-5-6-8-12(10,14)9(2)11(13)15-3/h9-10,14H,4-8H2,1-3H3. The molecule has 0 aromatic heterocycles. The minimum Gasteiger partial charge on any atom is -0.469 e. The third-order valence-electron chi connectivity index (χ3n) is 3.88. The van der Waals surface area contributed by atoms with Crippen molar-refractivity contribution in [1.29, 1.82) is 0 Å². The molecule has 1 rings (SSSR count). The minimum atomic E-state index is -0.847. The van der Waals surface area contributed by atoms with E-state index in [4.69, 9.17) is 4.74 Å². The van der Waals surface area contributed by atoms with Crippen molar-refractivity contribution in [2.45, 2.75) is 51.6 Å². The molecule has 0 saturated heterocycles. The van der Waals surface area contributed by atoms with Gasteiger partial charge in [-0.25, -0.2) is 0 Å². The van der Waals surface area contributed by atoms with Gasteiger partial charge >= 0.3 is 5.97 Å². The summed E-state index contributed by atoms with van der Waals surface area (Å²) in [5.41, 5.74) is -0.847. The number of methoxy groups -OCH3 is 1. The number of esters is 1. The summed E-state index contributed by atoms with van der Waals surface area (Å²) in [6.45, 7) is 3.85. The van der Waals surface area contributed by atoms with E-state index in [-0.39, 0.29) is 11.9 Å². The molecule has 0 heterocycles. The van der Waals surface area contributed by atoms with Gasteiger partial charge in [0.1, 0.15) is 0 Å². The predicted molar refractivity (Wildman–Crippen MR) is 58.4 cm³/mol. The first-order valence-corrected chi connectivity index (χ1v) is 5.86. The van der Waals surface area contributed by atoms with Gasteiger partial charge in [-0.15, -0.1) is 0 Å². The van der Waals surface area contributed by atoms with Gasteiger partial charge in [0.05, 0.1) is 18.6 Å². The molecule has 0 aromatic carbocycles. The Hall–Kier alpha value is -0.570. The average Bonchev–Trinajstić information content (AvgIpc) is 2.27. The Morgan fingerprint density at radius 2 is 2.27 bits per heavy atom. The van der Waals surface area contributed by atoms with Crippen LogP contribution < -0.4 is 0 Å². The number of rotatable bonds is 3. The lowest BCUT2D eigenvalue weighted by Gasteiger charge is -2.42. The van der Waals surface area contributed by atoms with E-state index in [1.54, 1.807) is 6.92 Å². The monoisotopic (exact) mass is 214 g/mol. The highest BCUT2D eigenvalue weighted by atomic mass is 16.5. The maximum Gasteiger partial charge on any atom is 0.311 e. The number of carbonyl (C=O) groups is 1. The van der Waals surface area contributed by atoms with Gasteiger partial charge in [0, 0.05) is 0 Å². The van der Waals surface area contributed by atoms with Crippen LogP contribution in [0.4, 0.5) is 0 Å². The third-order valence-corrected chi connectivity index (χ3v) is 3.88. The summed E-state index contributed by atoms with van der Waals surface area (Å²) in [6, 6.07) is 0. The quantitative estimate of drug-likeness (QED) is 0.732. The van der Waals surface area contributed by atoms with Crippen LogP contribution >= 0.6 is 0 Å². The molecule has 0 aromatic rings. The van der Waals surface area contributed by atoms with Crippen LogP contribution in [0.3, 0.4) is 0 Å². The Labute approximate surface area is 91.8 Å².